The van der Waals surface area contributed by atoms with Gasteiger partial charge in [0.2, 0.25) is 5.69 Å². The highest BCUT2D eigenvalue weighted by Gasteiger charge is 2.21. The van der Waals surface area contributed by atoms with E-state index in [1.807, 2.05) is 0 Å². The summed E-state index contributed by atoms with van der Waals surface area (Å²) in [7, 11) is 2.09. The quantitative estimate of drug-likeness (QED) is 0.658. The topological polar surface area (TPSA) is 3.01 Å². The van der Waals surface area contributed by atoms with Gasteiger partial charge in [-0.2, -0.15) is 0 Å². The monoisotopic (exact) mass is 234 g/mol. The number of hydrogen-bond acceptors (Lipinski definition) is 0. The van der Waals surface area contributed by atoms with Crippen molar-refractivity contribution >= 4 is 23.6 Å². The molecule has 0 unspecified atom stereocenters. The SMILES string of the molecule is Cc1ccc(/C=C2\C=[N+](C)c3ccccc32)cc1. The first-order valence-electron chi connectivity index (χ1n) is 6.19. The van der Waals surface area contributed by atoms with Gasteiger partial charge in [-0.25, -0.2) is 4.58 Å². The zero-order valence-corrected chi connectivity index (χ0v) is 10.7. The zero-order chi connectivity index (χ0) is 12.5. The summed E-state index contributed by atoms with van der Waals surface area (Å²) in [4.78, 5) is 0. The van der Waals surface area contributed by atoms with E-state index in [0.717, 1.165) is 0 Å². The highest BCUT2D eigenvalue weighted by molar-refractivity contribution is 6.17. The van der Waals surface area contributed by atoms with Crippen LogP contribution in [-0.2, 0) is 0 Å². The molecule has 0 atom stereocenters. The number of rotatable bonds is 1. The largest absolute Gasteiger partial charge is 0.213 e. The van der Waals surface area contributed by atoms with Crippen molar-refractivity contribution < 1.29 is 4.58 Å². The molecule has 0 aromatic heterocycles. The van der Waals surface area contributed by atoms with Crippen LogP contribution in [0.15, 0.2) is 48.5 Å². The predicted octanol–water partition coefficient (Wildman–Crippen LogP) is 3.89. The van der Waals surface area contributed by atoms with Crippen LogP contribution in [0.1, 0.15) is 16.7 Å². The molecule has 1 heterocycles. The molecule has 0 aliphatic carbocycles. The Morgan fingerprint density at radius 3 is 2.44 bits per heavy atom. The Hall–Kier alpha value is -2.15. The van der Waals surface area contributed by atoms with Gasteiger partial charge in [-0.15, -0.1) is 0 Å². The first-order valence-corrected chi connectivity index (χ1v) is 6.19. The number of hydrogen-bond donors (Lipinski definition) is 0. The maximum atomic E-state index is 2.24. The van der Waals surface area contributed by atoms with Crippen LogP contribution >= 0.6 is 0 Å². The molecule has 2 aromatic rings. The molecule has 1 heteroatoms. The Morgan fingerprint density at radius 1 is 0.944 bits per heavy atom. The van der Waals surface area contributed by atoms with E-state index < -0.39 is 0 Å². The first-order chi connectivity index (χ1) is 8.74. The van der Waals surface area contributed by atoms with E-state index in [1.165, 1.54) is 28.0 Å². The lowest BCUT2D eigenvalue weighted by molar-refractivity contribution is -0.395. The lowest BCUT2D eigenvalue weighted by atomic mass is 10.0. The molecule has 0 bridgehead atoms. The smallest absolute Gasteiger partial charge is 0.200 e. The zero-order valence-electron chi connectivity index (χ0n) is 10.7. The molecule has 1 aliphatic heterocycles. The predicted molar refractivity (Wildman–Crippen MR) is 77.4 cm³/mol. The third kappa shape index (κ3) is 1.88. The summed E-state index contributed by atoms with van der Waals surface area (Å²) in [5, 5.41) is 0. The molecule has 0 saturated carbocycles. The number of nitrogens with zero attached hydrogens (tertiary/aromatic N) is 1. The third-order valence-electron chi connectivity index (χ3n) is 3.33. The summed E-state index contributed by atoms with van der Waals surface area (Å²) in [6, 6.07) is 17.1. The summed E-state index contributed by atoms with van der Waals surface area (Å²) < 4.78 is 2.18. The summed E-state index contributed by atoms with van der Waals surface area (Å²) in [5.74, 6) is 0. The molecule has 0 amide bonds. The number of fused-ring (bicyclic) bond motifs is 1. The molecule has 2 aromatic carbocycles. The molecule has 88 valence electrons. The molecule has 1 nitrogen and oxygen atoms in total. The fourth-order valence-corrected chi connectivity index (χ4v) is 2.33. The van der Waals surface area contributed by atoms with Crippen LogP contribution in [0.4, 0.5) is 5.69 Å². The Kier molecular flexibility index (Phi) is 2.60. The van der Waals surface area contributed by atoms with E-state index in [-0.39, 0.29) is 0 Å². The van der Waals surface area contributed by atoms with E-state index in [9.17, 15) is 0 Å². The van der Waals surface area contributed by atoms with E-state index >= 15 is 0 Å². The Morgan fingerprint density at radius 2 is 1.67 bits per heavy atom. The van der Waals surface area contributed by atoms with Gasteiger partial charge in [-0.3, -0.25) is 0 Å². The van der Waals surface area contributed by atoms with Gasteiger partial charge in [0.05, 0.1) is 11.1 Å². The van der Waals surface area contributed by atoms with E-state index in [0.29, 0.717) is 0 Å². The van der Waals surface area contributed by atoms with E-state index in [1.54, 1.807) is 0 Å². The lowest BCUT2D eigenvalue weighted by Crippen LogP contribution is -1.91. The van der Waals surface area contributed by atoms with Gasteiger partial charge in [0.15, 0.2) is 6.21 Å². The molecule has 0 spiro atoms. The molecule has 0 saturated heterocycles. The van der Waals surface area contributed by atoms with Crippen LogP contribution in [0.3, 0.4) is 0 Å². The average Bonchev–Trinajstić information content (AvgIpc) is 2.70. The maximum absolute atomic E-state index is 2.24. The highest BCUT2D eigenvalue weighted by atomic mass is 15.0. The van der Waals surface area contributed by atoms with Crippen molar-refractivity contribution in [3.05, 3.63) is 65.2 Å². The van der Waals surface area contributed by atoms with Gasteiger partial charge in [0, 0.05) is 6.07 Å². The normalized spacial score (nSPS) is 15.7. The minimum Gasteiger partial charge on any atom is -0.200 e. The van der Waals surface area contributed by atoms with Gasteiger partial charge in [0.25, 0.3) is 0 Å². The van der Waals surface area contributed by atoms with Gasteiger partial charge in [-0.1, -0.05) is 42.0 Å². The summed E-state index contributed by atoms with van der Waals surface area (Å²) in [6.07, 6.45) is 4.42. The Labute approximate surface area is 108 Å². The van der Waals surface area contributed by atoms with Gasteiger partial charge in [-0.05, 0) is 24.6 Å². The van der Waals surface area contributed by atoms with Crippen LogP contribution in [0.2, 0.25) is 0 Å². The second kappa shape index (κ2) is 4.26. The van der Waals surface area contributed by atoms with Crippen LogP contribution in [0.25, 0.3) is 11.6 Å². The van der Waals surface area contributed by atoms with Crippen molar-refractivity contribution in [2.24, 2.45) is 0 Å². The molecule has 0 radical (unpaired) electrons. The van der Waals surface area contributed by atoms with Crippen molar-refractivity contribution in [1.29, 1.82) is 0 Å². The fraction of sp³-hybridized carbons (Fsp3) is 0.118. The molecule has 0 fully saturated rings. The number of benzene rings is 2. The van der Waals surface area contributed by atoms with Crippen LogP contribution in [0, 0.1) is 6.92 Å². The molecule has 18 heavy (non-hydrogen) atoms. The van der Waals surface area contributed by atoms with E-state index in [4.69, 9.17) is 0 Å². The second-order valence-corrected chi connectivity index (χ2v) is 4.77. The minimum absolute atomic E-state index is 1.25. The van der Waals surface area contributed by atoms with E-state index in [2.05, 4.69) is 79.4 Å². The summed E-state index contributed by atoms with van der Waals surface area (Å²) in [6.45, 7) is 2.11. The standard InChI is InChI=1S/C17H16N/c1-13-7-9-14(10-8-13)11-15-12-18(2)17-6-4-3-5-16(15)17/h3-12H,1-2H3/q+1/b15-11+. The van der Waals surface area contributed by atoms with Crippen molar-refractivity contribution in [3.63, 3.8) is 0 Å². The molecule has 1 aliphatic rings. The van der Waals surface area contributed by atoms with Crippen molar-refractivity contribution in [3.8, 4) is 0 Å². The molecular weight excluding hydrogens is 218 g/mol. The van der Waals surface area contributed by atoms with Crippen molar-refractivity contribution in [1.82, 2.24) is 0 Å². The molecular formula is C17H16N+. The highest BCUT2D eigenvalue weighted by Crippen LogP contribution is 2.30. The van der Waals surface area contributed by atoms with Gasteiger partial charge in [0.1, 0.15) is 7.05 Å². The second-order valence-electron chi connectivity index (χ2n) is 4.77. The summed E-state index contributed by atoms with van der Waals surface area (Å²) >= 11 is 0. The van der Waals surface area contributed by atoms with Crippen LogP contribution in [0.5, 0.6) is 0 Å². The lowest BCUT2D eigenvalue weighted by Gasteiger charge is -1.97. The summed E-state index contributed by atoms with van der Waals surface area (Å²) in [5.41, 5.74) is 6.40. The average molecular weight is 234 g/mol. The van der Waals surface area contributed by atoms with Gasteiger partial charge >= 0.3 is 0 Å². The third-order valence-corrected chi connectivity index (χ3v) is 3.33. The maximum Gasteiger partial charge on any atom is 0.213 e. The number of para-hydroxylation sites is 1. The minimum atomic E-state index is 1.25. The van der Waals surface area contributed by atoms with Crippen molar-refractivity contribution in [2.45, 2.75) is 6.92 Å². The molecule has 3 rings (SSSR count). The number of allylic oxidation sites excluding steroid dienone is 1. The fourth-order valence-electron chi connectivity index (χ4n) is 2.33. The Balaban J connectivity index is 2.07. The van der Waals surface area contributed by atoms with Crippen molar-refractivity contribution in [2.75, 3.05) is 7.05 Å². The van der Waals surface area contributed by atoms with Crippen LogP contribution < -0.4 is 0 Å². The Bertz CT molecular complexity index is 646. The number of aryl methyl sites for hydroxylation is 1. The van der Waals surface area contributed by atoms with Crippen LogP contribution in [-0.4, -0.2) is 17.8 Å². The molecule has 0 N–H and O–H groups in total. The first kappa shape index (κ1) is 11.0. The van der Waals surface area contributed by atoms with Gasteiger partial charge < -0.3 is 0 Å².